The Balaban J connectivity index is 2.48. The van der Waals surface area contributed by atoms with Crippen molar-refractivity contribution in [3.05, 3.63) is 11.6 Å². The van der Waals surface area contributed by atoms with Gasteiger partial charge in [-0.25, -0.2) is 0 Å². The van der Waals surface area contributed by atoms with E-state index < -0.39 is 11.7 Å². The molecule has 1 saturated carbocycles. The molecular weight excluding hydrogens is 180 g/mol. The zero-order valence-corrected chi connectivity index (χ0v) is 8.83. The number of hydrogen-bond donors (Lipinski definition) is 1. The van der Waals surface area contributed by atoms with Crippen LogP contribution in [0.4, 0.5) is 0 Å². The predicted molar refractivity (Wildman–Crippen MR) is 51.9 cm³/mol. The Bertz CT molecular complexity index is 320. The number of ether oxygens (including phenoxy) is 1. The standard InChI is InChI=1S/C11H16O3/c1-10-5-7(12)4-8(10)11(2,14-3)6-9(10)13/h4,9,13H,5-6H2,1-3H3/t9-,10+,11-/m1/s1. The van der Waals surface area contributed by atoms with Gasteiger partial charge in [0.1, 0.15) is 0 Å². The van der Waals surface area contributed by atoms with Crippen LogP contribution in [0.15, 0.2) is 11.6 Å². The molecule has 1 fully saturated rings. The van der Waals surface area contributed by atoms with Gasteiger partial charge in [0, 0.05) is 25.4 Å². The molecule has 0 saturated heterocycles. The quantitative estimate of drug-likeness (QED) is 0.682. The van der Waals surface area contributed by atoms with Crippen LogP contribution >= 0.6 is 0 Å². The van der Waals surface area contributed by atoms with E-state index in [1.54, 1.807) is 13.2 Å². The molecule has 0 heterocycles. The second-order valence-electron chi connectivity index (χ2n) is 4.77. The predicted octanol–water partition coefficient (Wildman–Crippen LogP) is 1.06. The lowest BCUT2D eigenvalue weighted by Gasteiger charge is -2.27. The van der Waals surface area contributed by atoms with E-state index in [-0.39, 0.29) is 11.2 Å². The normalized spacial score (nSPS) is 46.7. The Morgan fingerprint density at radius 2 is 2.21 bits per heavy atom. The molecule has 0 spiro atoms. The van der Waals surface area contributed by atoms with Gasteiger partial charge in [-0.05, 0) is 18.6 Å². The van der Waals surface area contributed by atoms with Crippen molar-refractivity contribution in [1.29, 1.82) is 0 Å². The number of methoxy groups -OCH3 is 1. The van der Waals surface area contributed by atoms with Crippen LogP contribution in [0.2, 0.25) is 0 Å². The highest BCUT2D eigenvalue weighted by molar-refractivity contribution is 5.95. The summed E-state index contributed by atoms with van der Waals surface area (Å²) in [6.45, 7) is 3.88. The lowest BCUT2D eigenvalue weighted by Crippen LogP contribution is -2.28. The smallest absolute Gasteiger partial charge is 0.156 e. The Morgan fingerprint density at radius 1 is 1.57 bits per heavy atom. The fraction of sp³-hybridized carbons (Fsp3) is 0.727. The first kappa shape index (κ1) is 9.87. The van der Waals surface area contributed by atoms with Crippen LogP contribution in [0, 0.1) is 5.41 Å². The van der Waals surface area contributed by atoms with Crippen molar-refractivity contribution >= 4 is 5.78 Å². The highest BCUT2D eigenvalue weighted by atomic mass is 16.5. The summed E-state index contributed by atoms with van der Waals surface area (Å²) in [4.78, 5) is 11.4. The largest absolute Gasteiger partial charge is 0.392 e. The van der Waals surface area contributed by atoms with Crippen LogP contribution in [-0.4, -0.2) is 29.7 Å². The maximum absolute atomic E-state index is 11.4. The molecule has 3 atom stereocenters. The summed E-state index contributed by atoms with van der Waals surface area (Å²) in [7, 11) is 1.63. The third-order valence-electron chi connectivity index (χ3n) is 3.80. The van der Waals surface area contributed by atoms with Crippen molar-refractivity contribution in [2.75, 3.05) is 7.11 Å². The van der Waals surface area contributed by atoms with Gasteiger partial charge in [0.25, 0.3) is 0 Å². The zero-order valence-electron chi connectivity index (χ0n) is 8.83. The number of aliphatic hydroxyl groups is 1. The van der Waals surface area contributed by atoms with Crippen molar-refractivity contribution < 1.29 is 14.6 Å². The van der Waals surface area contributed by atoms with E-state index in [0.717, 1.165) is 5.57 Å². The third kappa shape index (κ3) is 1.03. The minimum absolute atomic E-state index is 0.101. The molecule has 0 aromatic carbocycles. The first-order valence-corrected chi connectivity index (χ1v) is 4.91. The number of allylic oxidation sites excluding steroid dienone is 1. The van der Waals surface area contributed by atoms with Crippen LogP contribution in [0.5, 0.6) is 0 Å². The molecule has 0 aromatic heterocycles. The molecule has 14 heavy (non-hydrogen) atoms. The average Bonchev–Trinajstić information content (AvgIpc) is 2.50. The summed E-state index contributed by atoms with van der Waals surface area (Å²) in [6, 6.07) is 0. The second-order valence-corrected chi connectivity index (χ2v) is 4.77. The average molecular weight is 196 g/mol. The summed E-state index contributed by atoms with van der Waals surface area (Å²) >= 11 is 0. The molecule has 2 rings (SSSR count). The van der Waals surface area contributed by atoms with E-state index in [0.29, 0.717) is 12.8 Å². The van der Waals surface area contributed by atoms with Gasteiger partial charge in [0.15, 0.2) is 5.78 Å². The molecule has 1 N–H and O–H groups in total. The third-order valence-corrected chi connectivity index (χ3v) is 3.80. The number of ketones is 1. The number of aliphatic hydroxyl groups excluding tert-OH is 1. The minimum atomic E-state index is -0.467. The number of hydrogen-bond acceptors (Lipinski definition) is 3. The minimum Gasteiger partial charge on any atom is -0.392 e. The SMILES string of the molecule is CO[C@]1(C)C[C@@H](O)[C@@]2(C)CC(=O)C=C12. The molecule has 0 bridgehead atoms. The van der Waals surface area contributed by atoms with Crippen molar-refractivity contribution in [3.8, 4) is 0 Å². The molecule has 0 radical (unpaired) electrons. The van der Waals surface area contributed by atoms with Crippen molar-refractivity contribution in [2.45, 2.75) is 38.4 Å². The Labute approximate surface area is 83.8 Å². The van der Waals surface area contributed by atoms with Gasteiger partial charge in [-0.1, -0.05) is 6.92 Å². The summed E-state index contributed by atoms with van der Waals surface area (Å²) in [5.41, 5.74) is 0.118. The van der Waals surface area contributed by atoms with E-state index >= 15 is 0 Å². The molecular formula is C11H16O3. The van der Waals surface area contributed by atoms with Crippen molar-refractivity contribution in [2.24, 2.45) is 5.41 Å². The molecule has 2 aliphatic carbocycles. The van der Waals surface area contributed by atoms with Crippen LogP contribution in [0.1, 0.15) is 26.7 Å². The van der Waals surface area contributed by atoms with Gasteiger partial charge in [-0.2, -0.15) is 0 Å². The van der Waals surface area contributed by atoms with Gasteiger partial charge in [-0.3, -0.25) is 4.79 Å². The maximum atomic E-state index is 11.4. The van der Waals surface area contributed by atoms with Crippen molar-refractivity contribution in [1.82, 2.24) is 0 Å². The number of carbonyl (C=O) groups is 1. The number of rotatable bonds is 1. The Hall–Kier alpha value is -0.670. The highest BCUT2D eigenvalue weighted by Crippen LogP contribution is 2.55. The van der Waals surface area contributed by atoms with Gasteiger partial charge in [0.2, 0.25) is 0 Å². The number of carbonyl (C=O) groups excluding carboxylic acids is 1. The van der Waals surface area contributed by atoms with Gasteiger partial charge < -0.3 is 9.84 Å². The summed E-state index contributed by atoms with van der Waals surface area (Å²) in [6.07, 6.45) is 2.19. The van der Waals surface area contributed by atoms with Crippen LogP contribution in [0.3, 0.4) is 0 Å². The van der Waals surface area contributed by atoms with E-state index in [1.165, 1.54) is 0 Å². The molecule has 78 valence electrons. The Kier molecular flexibility index (Phi) is 1.88. The molecule has 0 unspecified atom stereocenters. The maximum Gasteiger partial charge on any atom is 0.156 e. The molecule has 0 aromatic rings. The molecule has 0 amide bonds. The summed E-state index contributed by atoms with van der Waals surface area (Å²) in [5, 5.41) is 9.97. The van der Waals surface area contributed by atoms with E-state index in [2.05, 4.69) is 0 Å². The second kappa shape index (κ2) is 2.67. The Morgan fingerprint density at radius 3 is 2.79 bits per heavy atom. The van der Waals surface area contributed by atoms with Gasteiger partial charge in [-0.15, -0.1) is 0 Å². The van der Waals surface area contributed by atoms with E-state index in [9.17, 15) is 9.90 Å². The van der Waals surface area contributed by atoms with E-state index in [1.807, 2.05) is 13.8 Å². The topological polar surface area (TPSA) is 46.5 Å². The summed E-state index contributed by atoms with van der Waals surface area (Å²) in [5.74, 6) is 0.101. The molecule has 2 aliphatic rings. The fourth-order valence-electron chi connectivity index (χ4n) is 2.79. The van der Waals surface area contributed by atoms with Gasteiger partial charge >= 0.3 is 0 Å². The number of fused-ring (bicyclic) bond motifs is 1. The first-order chi connectivity index (χ1) is 6.42. The first-order valence-electron chi connectivity index (χ1n) is 4.91. The highest BCUT2D eigenvalue weighted by Gasteiger charge is 2.57. The van der Waals surface area contributed by atoms with Crippen molar-refractivity contribution in [3.63, 3.8) is 0 Å². The molecule has 3 heteroatoms. The van der Waals surface area contributed by atoms with Crippen LogP contribution in [0.25, 0.3) is 0 Å². The van der Waals surface area contributed by atoms with E-state index in [4.69, 9.17) is 4.74 Å². The lowest BCUT2D eigenvalue weighted by atomic mass is 9.82. The fourth-order valence-corrected chi connectivity index (χ4v) is 2.79. The molecule has 0 aliphatic heterocycles. The van der Waals surface area contributed by atoms with Crippen LogP contribution in [-0.2, 0) is 9.53 Å². The van der Waals surface area contributed by atoms with Crippen LogP contribution < -0.4 is 0 Å². The van der Waals surface area contributed by atoms with Gasteiger partial charge in [0.05, 0.1) is 11.7 Å². The zero-order chi connectivity index (χ0) is 10.6. The summed E-state index contributed by atoms with van der Waals surface area (Å²) < 4.78 is 5.42. The monoisotopic (exact) mass is 196 g/mol. The lowest BCUT2D eigenvalue weighted by molar-refractivity contribution is -0.116. The molecule has 3 nitrogen and oxygen atoms in total.